The minimum Gasteiger partial charge on any atom is -0.455 e. The summed E-state index contributed by atoms with van der Waals surface area (Å²) < 4.78 is 6.33. The van der Waals surface area contributed by atoms with Gasteiger partial charge in [-0.3, -0.25) is 4.79 Å². The molecule has 1 aromatic carbocycles. The lowest BCUT2D eigenvalue weighted by Crippen LogP contribution is -2.14. The maximum atomic E-state index is 12.2. The second kappa shape index (κ2) is 6.39. The van der Waals surface area contributed by atoms with Crippen LogP contribution in [0.1, 0.15) is 21.1 Å². The molecule has 0 atom stereocenters. The van der Waals surface area contributed by atoms with E-state index < -0.39 is 5.97 Å². The van der Waals surface area contributed by atoms with E-state index in [2.05, 4.69) is 10.1 Å². The highest BCUT2D eigenvalue weighted by Gasteiger charge is 2.16. The van der Waals surface area contributed by atoms with Crippen molar-refractivity contribution in [3.05, 3.63) is 54.9 Å². The van der Waals surface area contributed by atoms with Gasteiger partial charge in [-0.25, -0.2) is 9.78 Å². The molecule has 0 aliphatic heterocycles. The molecule has 3 aromatic rings. The molecule has 24 heavy (non-hydrogen) atoms. The number of nitrogen functional groups attached to an aromatic ring is 1. The fourth-order valence-electron chi connectivity index (χ4n) is 1.98. The van der Waals surface area contributed by atoms with Crippen molar-refractivity contribution in [3.63, 3.8) is 0 Å². The lowest BCUT2D eigenvalue weighted by molar-refractivity contribution is 0.0472. The molecule has 0 spiro atoms. The number of anilines is 1. The standard InChI is InChI=1S/C14H10Cl2N4O3S/c1-6-2-11(21)20-14(18-6)24-10(19-20)5-23-13(22)8-3-7(15)4-9(16)12(8)17/h2-4H,5,17H2,1H3. The molecule has 0 saturated heterocycles. The summed E-state index contributed by atoms with van der Waals surface area (Å²) in [5.41, 5.74) is 6.21. The van der Waals surface area contributed by atoms with Gasteiger partial charge < -0.3 is 10.5 Å². The third-order valence-electron chi connectivity index (χ3n) is 3.06. The topological polar surface area (TPSA) is 99.6 Å². The zero-order valence-electron chi connectivity index (χ0n) is 12.2. The van der Waals surface area contributed by atoms with Gasteiger partial charge in [0.1, 0.15) is 6.61 Å². The van der Waals surface area contributed by atoms with E-state index in [1.807, 2.05) is 0 Å². The Kier molecular flexibility index (Phi) is 4.44. The van der Waals surface area contributed by atoms with E-state index in [1.54, 1.807) is 6.92 Å². The average Bonchev–Trinajstić information content (AvgIpc) is 2.91. The van der Waals surface area contributed by atoms with Crippen LogP contribution in [0.5, 0.6) is 0 Å². The third kappa shape index (κ3) is 3.21. The summed E-state index contributed by atoms with van der Waals surface area (Å²) >= 11 is 12.9. The summed E-state index contributed by atoms with van der Waals surface area (Å²) in [7, 11) is 0. The van der Waals surface area contributed by atoms with E-state index in [4.69, 9.17) is 33.7 Å². The summed E-state index contributed by atoms with van der Waals surface area (Å²) in [5.74, 6) is -0.687. The Hall–Kier alpha value is -2.16. The highest BCUT2D eigenvalue weighted by atomic mass is 35.5. The number of halogens is 2. The van der Waals surface area contributed by atoms with E-state index in [0.29, 0.717) is 15.7 Å². The monoisotopic (exact) mass is 384 g/mol. The van der Waals surface area contributed by atoms with Gasteiger partial charge in [-0.15, -0.1) is 0 Å². The number of nitrogens with two attached hydrogens (primary N) is 1. The van der Waals surface area contributed by atoms with Crippen LogP contribution in [0.15, 0.2) is 23.0 Å². The Morgan fingerprint density at radius 3 is 2.88 bits per heavy atom. The van der Waals surface area contributed by atoms with E-state index >= 15 is 0 Å². The fourth-order valence-corrected chi connectivity index (χ4v) is 3.33. The number of carbonyl (C=O) groups excluding carboxylic acids is 1. The summed E-state index contributed by atoms with van der Waals surface area (Å²) in [5, 5.41) is 4.94. The Bertz CT molecular complexity index is 1020. The van der Waals surface area contributed by atoms with Crippen LogP contribution in [0.25, 0.3) is 4.96 Å². The number of fused-ring (bicyclic) bond motifs is 1. The van der Waals surface area contributed by atoms with Gasteiger partial charge in [-0.2, -0.15) is 9.61 Å². The second-order valence-corrected chi connectivity index (χ2v) is 6.74. The zero-order valence-corrected chi connectivity index (χ0v) is 14.6. The van der Waals surface area contributed by atoms with Gasteiger partial charge >= 0.3 is 5.97 Å². The smallest absolute Gasteiger partial charge is 0.340 e. The van der Waals surface area contributed by atoms with Gasteiger partial charge in [0, 0.05) is 16.8 Å². The number of aryl methyl sites for hydroxylation is 1. The van der Waals surface area contributed by atoms with Gasteiger partial charge in [0.05, 0.1) is 16.3 Å². The van der Waals surface area contributed by atoms with Gasteiger partial charge in [0.25, 0.3) is 5.56 Å². The Morgan fingerprint density at radius 2 is 2.12 bits per heavy atom. The Balaban J connectivity index is 1.82. The molecule has 124 valence electrons. The van der Waals surface area contributed by atoms with Crippen LogP contribution >= 0.6 is 34.5 Å². The molecule has 2 heterocycles. The molecule has 7 nitrogen and oxygen atoms in total. The lowest BCUT2D eigenvalue weighted by Gasteiger charge is -2.07. The quantitative estimate of drug-likeness (QED) is 0.550. The molecular weight excluding hydrogens is 375 g/mol. The minimum absolute atomic E-state index is 0.0692. The van der Waals surface area contributed by atoms with Gasteiger partial charge in [-0.05, 0) is 19.1 Å². The molecule has 10 heteroatoms. The SMILES string of the molecule is Cc1cc(=O)n2nc(COC(=O)c3cc(Cl)cc(Cl)c3N)sc2n1. The molecule has 0 aliphatic carbocycles. The van der Waals surface area contributed by atoms with Crippen LogP contribution in [-0.2, 0) is 11.3 Å². The number of carbonyl (C=O) groups is 1. The van der Waals surface area contributed by atoms with Crippen molar-refractivity contribution in [2.45, 2.75) is 13.5 Å². The number of esters is 1. The van der Waals surface area contributed by atoms with E-state index in [-0.39, 0.29) is 33.5 Å². The van der Waals surface area contributed by atoms with Crippen molar-refractivity contribution in [1.82, 2.24) is 14.6 Å². The number of ether oxygens (including phenoxy) is 1. The number of hydrogen-bond acceptors (Lipinski definition) is 7. The third-order valence-corrected chi connectivity index (χ3v) is 4.47. The Labute approximate surface area is 149 Å². The summed E-state index contributed by atoms with van der Waals surface area (Å²) in [6.45, 7) is 1.58. The number of rotatable bonds is 3. The molecule has 2 aromatic heterocycles. The highest BCUT2D eigenvalue weighted by Crippen LogP contribution is 2.28. The van der Waals surface area contributed by atoms with Crippen LogP contribution in [0.2, 0.25) is 10.0 Å². The van der Waals surface area contributed by atoms with Crippen LogP contribution < -0.4 is 11.3 Å². The van der Waals surface area contributed by atoms with Crippen LogP contribution in [0.4, 0.5) is 5.69 Å². The summed E-state index contributed by atoms with van der Waals surface area (Å²) in [6.07, 6.45) is 0. The Morgan fingerprint density at radius 1 is 1.38 bits per heavy atom. The molecule has 0 aliphatic rings. The molecular formula is C14H10Cl2N4O3S. The number of hydrogen-bond donors (Lipinski definition) is 1. The summed E-state index contributed by atoms with van der Waals surface area (Å²) in [4.78, 5) is 28.6. The largest absolute Gasteiger partial charge is 0.455 e. The predicted octanol–water partition coefficient (Wildman–Crippen LogP) is 2.71. The van der Waals surface area contributed by atoms with Gasteiger partial charge in [0.15, 0.2) is 5.01 Å². The fraction of sp³-hybridized carbons (Fsp3) is 0.143. The summed E-state index contributed by atoms with van der Waals surface area (Å²) in [6, 6.07) is 4.18. The molecule has 2 N–H and O–H groups in total. The molecule has 0 saturated carbocycles. The first kappa shape index (κ1) is 16.7. The molecule has 0 unspecified atom stereocenters. The first-order valence-electron chi connectivity index (χ1n) is 6.63. The lowest BCUT2D eigenvalue weighted by atomic mass is 10.2. The molecule has 0 amide bonds. The van der Waals surface area contributed by atoms with Crippen molar-refractivity contribution in [1.29, 1.82) is 0 Å². The minimum atomic E-state index is -0.687. The maximum absolute atomic E-state index is 12.2. The van der Waals surface area contributed by atoms with Crippen molar-refractivity contribution in [2.75, 3.05) is 5.73 Å². The van der Waals surface area contributed by atoms with Gasteiger partial charge in [-0.1, -0.05) is 34.5 Å². The first-order valence-corrected chi connectivity index (χ1v) is 8.20. The maximum Gasteiger partial charge on any atom is 0.340 e. The molecule has 3 rings (SSSR count). The number of nitrogens with zero attached hydrogens (tertiary/aromatic N) is 3. The molecule has 0 radical (unpaired) electrons. The van der Waals surface area contributed by atoms with Crippen LogP contribution in [-0.4, -0.2) is 20.6 Å². The van der Waals surface area contributed by atoms with E-state index in [0.717, 1.165) is 15.9 Å². The average molecular weight is 385 g/mol. The van der Waals surface area contributed by atoms with Crippen LogP contribution in [0, 0.1) is 6.92 Å². The zero-order chi connectivity index (χ0) is 17.4. The highest BCUT2D eigenvalue weighted by molar-refractivity contribution is 7.16. The van der Waals surface area contributed by atoms with E-state index in [9.17, 15) is 9.59 Å². The number of benzene rings is 1. The van der Waals surface area contributed by atoms with Gasteiger partial charge in [0.2, 0.25) is 4.96 Å². The number of aromatic nitrogens is 3. The van der Waals surface area contributed by atoms with Crippen molar-refractivity contribution < 1.29 is 9.53 Å². The molecule has 0 bridgehead atoms. The van der Waals surface area contributed by atoms with Crippen molar-refractivity contribution in [3.8, 4) is 0 Å². The first-order chi connectivity index (χ1) is 11.3. The van der Waals surface area contributed by atoms with Crippen LogP contribution in [0.3, 0.4) is 0 Å². The second-order valence-electron chi connectivity index (χ2n) is 4.85. The normalized spacial score (nSPS) is 11.0. The molecule has 0 fully saturated rings. The van der Waals surface area contributed by atoms with Crippen molar-refractivity contribution >= 4 is 51.2 Å². The van der Waals surface area contributed by atoms with Crippen molar-refractivity contribution in [2.24, 2.45) is 0 Å². The predicted molar refractivity (Wildman–Crippen MR) is 91.9 cm³/mol. The van der Waals surface area contributed by atoms with E-state index in [1.165, 1.54) is 18.2 Å².